The van der Waals surface area contributed by atoms with Gasteiger partial charge in [0.05, 0.1) is 12.7 Å². The van der Waals surface area contributed by atoms with E-state index in [0.29, 0.717) is 13.2 Å². The Hall–Kier alpha value is -0.910. The molecule has 0 spiro atoms. The van der Waals surface area contributed by atoms with Gasteiger partial charge in [-0.2, -0.15) is 11.3 Å². The molecule has 0 aliphatic rings. The molecule has 0 saturated heterocycles. The molecule has 0 amide bonds. The lowest BCUT2D eigenvalue weighted by Crippen LogP contribution is -2.37. The molecule has 0 aromatic carbocycles. The van der Waals surface area contributed by atoms with Gasteiger partial charge in [-0.05, 0) is 36.2 Å². The summed E-state index contributed by atoms with van der Waals surface area (Å²) in [6, 6.07) is 1.47. The fourth-order valence-electron chi connectivity index (χ4n) is 1.22. The van der Waals surface area contributed by atoms with Crippen LogP contribution in [0.5, 0.6) is 0 Å². The smallest absolute Gasteiger partial charge is 0.322 e. The van der Waals surface area contributed by atoms with Crippen LogP contribution in [0.4, 0.5) is 0 Å². The van der Waals surface area contributed by atoms with Gasteiger partial charge in [0, 0.05) is 6.54 Å². The van der Waals surface area contributed by atoms with Gasteiger partial charge in [0.15, 0.2) is 0 Å². The Labute approximate surface area is 99.2 Å². The second-order valence-corrected chi connectivity index (χ2v) is 4.23. The average molecular weight is 243 g/mol. The number of aliphatic hydroxyl groups excluding tert-OH is 1. The maximum Gasteiger partial charge on any atom is 0.322 e. The molecule has 2 unspecified atom stereocenters. The molecule has 1 rings (SSSR count). The van der Waals surface area contributed by atoms with Crippen molar-refractivity contribution in [3.63, 3.8) is 0 Å². The highest BCUT2D eigenvalue weighted by molar-refractivity contribution is 7.07. The number of aliphatic hydroxyl groups is 1. The summed E-state index contributed by atoms with van der Waals surface area (Å²) in [7, 11) is 0. The zero-order valence-corrected chi connectivity index (χ0v) is 10.3. The number of esters is 1. The minimum absolute atomic E-state index is 0.292. The van der Waals surface area contributed by atoms with Crippen LogP contribution in [0.2, 0.25) is 0 Å². The van der Waals surface area contributed by atoms with Gasteiger partial charge in [-0.3, -0.25) is 4.79 Å². The Morgan fingerprint density at radius 1 is 1.69 bits per heavy atom. The summed E-state index contributed by atoms with van der Waals surface area (Å²) >= 11 is 1.54. The number of ether oxygens (including phenoxy) is 1. The summed E-state index contributed by atoms with van der Waals surface area (Å²) < 4.78 is 4.85. The van der Waals surface area contributed by atoms with Crippen LogP contribution in [0.15, 0.2) is 16.8 Å². The Bertz CT molecular complexity index is 313. The Morgan fingerprint density at radius 2 is 2.44 bits per heavy atom. The van der Waals surface area contributed by atoms with Crippen molar-refractivity contribution in [1.29, 1.82) is 0 Å². The van der Waals surface area contributed by atoms with Gasteiger partial charge in [0.1, 0.15) is 6.04 Å². The summed E-state index contributed by atoms with van der Waals surface area (Å²) in [5.74, 6) is -0.292. The van der Waals surface area contributed by atoms with E-state index in [1.165, 1.54) is 11.3 Å². The molecule has 16 heavy (non-hydrogen) atoms. The molecule has 90 valence electrons. The van der Waals surface area contributed by atoms with Crippen LogP contribution in [-0.4, -0.2) is 30.3 Å². The summed E-state index contributed by atoms with van der Waals surface area (Å²) in [5.41, 5.74) is 0.869. The molecule has 1 aromatic heterocycles. The van der Waals surface area contributed by atoms with E-state index in [0.717, 1.165) is 5.56 Å². The van der Waals surface area contributed by atoms with Gasteiger partial charge in [-0.25, -0.2) is 0 Å². The SMILES string of the molecule is CCOC(=O)C(C)NCC(O)c1ccsc1. The predicted octanol–water partition coefficient (Wildman–Crippen LogP) is 1.32. The first-order valence-electron chi connectivity index (χ1n) is 5.25. The highest BCUT2D eigenvalue weighted by Gasteiger charge is 2.15. The maximum absolute atomic E-state index is 11.3. The molecule has 2 N–H and O–H groups in total. The maximum atomic E-state index is 11.3. The molecule has 2 atom stereocenters. The standard InChI is InChI=1S/C11H17NO3S/c1-3-15-11(14)8(2)12-6-10(13)9-4-5-16-7-9/h4-5,7-8,10,12-13H,3,6H2,1-2H3. The van der Waals surface area contributed by atoms with Crippen LogP contribution >= 0.6 is 11.3 Å². The molecule has 4 nitrogen and oxygen atoms in total. The lowest BCUT2D eigenvalue weighted by atomic mass is 10.2. The van der Waals surface area contributed by atoms with Gasteiger partial charge in [0.25, 0.3) is 0 Å². The normalized spacial score (nSPS) is 14.4. The second kappa shape index (κ2) is 6.62. The zero-order chi connectivity index (χ0) is 12.0. The zero-order valence-electron chi connectivity index (χ0n) is 9.47. The van der Waals surface area contributed by atoms with E-state index in [2.05, 4.69) is 5.32 Å². The van der Waals surface area contributed by atoms with Crippen molar-refractivity contribution >= 4 is 17.3 Å². The monoisotopic (exact) mass is 243 g/mol. The second-order valence-electron chi connectivity index (χ2n) is 3.45. The molecule has 1 heterocycles. The van der Waals surface area contributed by atoms with Crippen LogP contribution in [-0.2, 0) is 9.53 Å². The Kier molecular flexibility index (Phi) is 5.45. The first kappa shape index (κ1) is 13.2. The van der Waals surface area contributed by atoms with E-state index in [1.807, 2.05) is 16.8 Å². The molecule has 0 saturated carbocycles. The largest absolute Gasteiger partial charge is 0.465 e. The average Bonchev–Trinajstić information content (AvgIpc) is 2.79. The third-order valence-corrected chi connectivity index (χ3v) is 2.89. The lowest BCUT2D eigenvalue weighted by molar-refractivity contribution is -0.145. The fraction of sp³-hybridized carbons (Fsp3) is 0.545. The highest BCUT2D eigenvalue weighted by Crippen LogP contribution is 2.15. The quantitative estimate of drug-likeness (QED) is 0.740. The van der Waals surface area contributed by atoms with Gasteiger partial charge < -0.3 is 15.2 Å². The Morgan fingerprint density at radius 3 is 3.00 bits per heavy atom. The molecule has 0 fully saturated rings. The molecular formula is C11H17NO3S. The van der Waals surface area contributed by atoms with E-state index in [1.54, 1.807) is 13.8 Å². The summed E-state index contributed by atoms with van der Waals surface area (Å²) in [4.78, 5) is 11.3. The van der Waals surface area contributed by atoms with Crippen LogP contribution in [0.25, 0.3) is 0 Å². The predicted molar refractivity (Wildman–Crippen MR) is 63.4 cm³/mol. The lowest BCUT2D eigenvalue weighted by Gasteiger charge is -2.15. The van der Waals surface area contributed by atoms with Crippen molar-refractivity contribution in [2.24, 2.45) is 0 Å². The van der Waals surface area contributed by atoms with E-state index in [-0.39, 0.29) is 5.97 Å². The number of carbonyl (C=O) groups is 1. The van der Waals surface area contributed by atoms with Gasteiger partial charge in [-0.15, -0.1) is 0 Å². The molecule has 0 aliphatic heterocycles. The molecule has 0 aliphatic carbocycles. The number of hydrogen-bond acceptors (Lipinski definition) is 5. The first-order chi connectivity index (χ1) is 7.65. The molecule has 5 heteroatoms. The third kappa shape index (κ3) is 3.92. The van der Waals surface area contributed by atoms with Crippen molar-refractivity contribution in [1.82, 2.24) is 5.32 Å². The number of carbonyl (C=O) groups excluding carboxylic acids is 1. The topological polar surface area (TPSA) is 58.6 Å². The van der Waals surface area contributed by atoms with Crippen LogP contribution in [0.1, 0.15) is 25.5 Å². The van der Waals surface area contributed by atoms with Crippen LogP contribution in [0, 0.1) is 0 Å². The number of thiophene rings is 1. The number of rotatable bonds is 6. The number of hydrogen-bond donors (Lipinski definition) is 2. The van der Waals surface area contributed by atoms with E-state index < -0.39 is 12.1 Å². The van der Waals surface area contributed by atoms with E-state index in [4.69, 9.17) is 4.74 Å². The van der Waals surface area contributed by atoms with Crippen molar-refractivity contribution in [2.75, 3.05) is 13.2 Å². The third-order valence-electron chi connectivity index (χ3n) is 2.19. The van der Waals surface area contributed by atoms with E-state index >= 15 is 0 Å². The van der Waals surface area contributed by atoms with Crippen molar-refractivity contribution in [3.05, 3.63) is 22.4 Å². The fourth-order valence-corrected chi connectivity index (χ4v) is 1.93. The number of nitrogens with one attached hydrogen (secondary N) is 1. The van der Waals surface area contributed by atoms with Crippen LogP contribution < -0.4 is 5.32 Å². The summed E-state index contributed by atoms with van der Waals surface area (Å²) in [6.07, 6.45) is -0.580. The van der Waals surface area contributed by atoms with E-state index in [9.17, 15) is 9.90 Å². The minimum Gasteiger partial charge on any atom is -0.465 e. The van der Waals surface area contributed by atoms with Gasteiger partial charge in [-0.1, -0.05) is 0 Å². The molecular weight excluding hydrogens is 226 g/mol. The van der Waals surface area contributed by atoms with Gasteiger partial charge >= 0.3 is 5.97 Å². The van der Waals surface area contributed by atoms with Crippen molar-refractivity contribution in [3.8, 4) is 0 Å². The Balaban J connectivity index is 2.31. The molecule has 0 radical (unpaired) electrons. The van der Waals surface area contributed by atoms with Crippen LogP contribution in [0.3, 0.4) is 0 Å². The molecule has 0 bridgehead atoms. The summed E-state index contributed by atoms with van der Waals surface area (Å²) in [5, 5.41) is 16.5. The highest BCUT2D eigenvalue weighted by atomic mass is 32.1. The minimum atomic E-state index is -0.580. The van der Waals surface area contributed by atoms with Crippen molar-refractivity contribution < 1.29 is 14.6 Å². The van der Waals surface area contributed by atoms with Crippen molar-refractivity contribution in [2.45, 2.75) is 26.0 Å². The first-order valence-corrected chi connectivity index (χ1v) is 6.19. The summed E-state index contributed by atoms with van der Waals surface area (Å²) in [6.45, 7) is 4.21. The van der Waals surface area contributed by atoms with Gasteiger partial charge in [0.2, 0.25) is 0 Å². The molecule has 1 aromatic rings.